The third kappa shape index (κ3) is 2.91. The Kier molecular flexibility index (Phi) is 3.69. The second-order valence-corrected chi connectivity index (χ2v) is 4.66. The maximum atomic E-state index is 12.7. The van der Waals surface area contributed by atoms with Crippen molar-refractivity contribution in [2.24, 2.45) is 5.92 Å². The number of nitrogens with two attached hydrogens (primary N) is 1. The molecule has 0 aliphatic carbocycles. The van der Waals surface area contributed by atoms with Crippen LogP contribution >= 0.6 is 0 Å². The number of rotatable bonds is 2. The third-order valence-corrected chi connectivity index (χ3v) is 3.29. The molecule has 0 amide bonds. The molecule has 2 heterocycles. The van der Waals surface area contributed by atoms with E-state index in [0.29, 0.717) is 13.0 Å². The van der Waals surface area contributed by atoms with Crippen LogP contribution in [0.2, 0.25) is 0 Å². The van der Waals surface area contributed by atoms with Crippen LogP contribution in [0.4, 0.5) is 30.5 Å². The molecule has 0 aromatic carbocycles. The predicted octanol–water partition coefficient (Wildman–Crippen LogP) is 2.35. The van der Waals surface area contributed by atoms with E-state index < -0.39 is 17.0 Å². The Bertz CT molecular complexity index is 521. The lowest BCUT2D eigenvalue weighted by atomic mass is 9.97. The molecule has 1 aliphatic rings. The number of hydrogen-bond acceptors (Lipinski definition) is 5. The van der Waals surface area contributed by atoms with Crippen molar-refractivity contribution in [3.63, 3.8) is 0 Å². The summed E-state index contributed by atoms with van der Waals surface area (Å²) < 4.78 is 38.2. The lowest BCUT2D eigenvalue weighted by Crippen LogP contribution is -2.42. The molecule has 1 fully saturated rings. The number of anilines is 2. The summed E-state index contributed by atoms with van der Waals surface area (Å²) in [6.07, 6.45) is -3.77. The van der Waals surface area contributed by atoms with Crippen molar-refractivity contribution in [2.45, 2.75) is 19.0 Å². The fraction of sp³-hybridized carbons (Fsp3) is 0.545. The zero-order valence-electron chi connectivity index (χ0n) is 10.4. The highest BCUT2D eigenvalue weighted by molar-refractivity contribution is 5.58. The number of piperidine rings is 1. The predicted molar refractivity (Wildman–Crippen MR) is 66.3 cm³/mol. The van der Waals surface area contributed by atoms with Gasteiger partial charge >= 0.3 is 11.9 Å². The van der Waals surface area contributed by atoms with Gasteiger partial charge in [0.1, 0.15) is 5.82 Å². The van der Waals surface area contributed by atoms with E-state index in [1.807, 2.05) is 0 Å². The van der Waals surface area contributed by atoms with Crippen LogP contribution in [0.3, 0.4) is 0 Å². The Morgan fingerprint density at radius 1 is 1.45 bits per heavy atom. The van der Waals surface area contributed by atoms with Crippen molar-refractivity contribution in [2.75, 3.05) is 23.7 Å². The first-order valence-corrected chi connectivity index (χ1v) is 6.01. The van der Waals surface area contributed by atoms with Gasteiger partial charge in [-0.3, -0.25) is 10.1 Å². The maximum Gasteiger partial charge on any atom is 0.393 e. The van der Waals surface area contributed by atoms with E-state index >= 15 is 0 Å². The zero-order valence-corrected chi connectivity index (χ0v) is 10.4. The van der Waals surface area contributed by atoms with E-state index in [9.17, 15) is 23.3 Å². The molecule has 0 bridgehead atoms. The molecule has 1 unspecified atom stereocenters. The van der Waals surface area contributed by atoms with Crippen LogP contribution in [-0.4, -0.2) is 29.2 Å². The van der Waals surface area contributed by atoms with Crippen molar-refractivity contribution >= 4 is 17.3 Å². The number of aromatic nitrogens is 1. The van der Waals surface area contributed by atoms with E-state index in [1.165, 1.54) is 11.0 Å². The molecule has 0 radical (unpaired) electrons. The van der Waals surface area contributed by atoms with Gasteiger partial charge in [-0.25, -0.2) is 4.98 Å². The zero-order chi connectivity index (χ0) is 14.9. The number of nitro groups is 1. The summed E-state index contributed by atoms with van der Waals surface area (Å²) in [5, 5.41) is 10.6. The second kappa shape index (κ2) is 5.14. The summed E-state index contributed by atoms with van der Waals surface area (Å²) in [5.41, 5.74) is 5.10. The molecule has 1 saturated heterocycles. The lowest BCUT2D eigenvalue weighted by Gasteiger charge is -2.34. The van der Waals surface area contributed by atoms with Gasteiger partial charge in [-0.1, -0.05) is 0 Å². The number of hydrogen-bond donors (Lipinski definition) is 1. The van der Waals surface area contributed by atoms with Crippen molar-refractivity contribution in [3.05, 3.63) is 22.2 Å². The van der Waals surface area contributed by atoms with Gasteiger partial charge in [-0.2, -0.15) is 13.2 Å². The molecular formula is C11H13F3N4O2. The quantitative estimate of drug-likeness (QED) is 0.667. The third-order valence-electron chi connectivity index (χ3n) is 3.29. The Morgan fingerprint density at radius 2 is 2.15 bits per heavy atom. The largest absolute Gasteiger partial charge is 0.393 e. The van der Waals surface area contributed by atoms with Crippen LogP contribution in [0.15, 0.2) is 12.1 Å². The summed E-state index contributed by atoms with van der Waals surface area (Å²) in [6.45, 7) is 0.227. The molecule has 2 N–H and O–H groups in total. The average molecular weight is 290 g/mol. The standard InChI is InChI=1S/C11H13F3N4O2/c12-11(13,14)7-2-1-5-17(6-7)9-4-3-8(18(19)20)10(15)16-9/h3-4,7H,1-2,5-6H2,(H2,15,16). The summed E-state index contributed by atoms with van der Waals surface area (Å²) in [4.78, 5) is 15.2. The van der Waals surface area contributed by atoms with Crippen LogP contribution in [0.1, 0.15) is 12.8 Å². The maximum absolute atomic E-state index is 12.7. The second-order valence-electron chi connectivity index (χ2n) is 4.66. The average Bonchev–Trinajstić information content (AvgIpc) is 2.37. The minimum absolute atomic E-state index is 0.0858. The Hall–Kier alpha value is -2.06. The van der Waals surface area contributed by atoms with Crippen LogP contribution in [0.5, 0.6) is 0 Å². The van der Waals surface area contributed by atoms with Gasteiger partial charge in [-0.15, -0.1) is 0 Å². The van der Waals surface area contributed by atoms with Crippen LogP contribution in [0.25, 0.3) is 0 Å². The molecule has 110 valence electrons. The van der Waals surface area contributed by atoms with Gasteiger partial charge in [0, 0.05) is 19.2 Å². The molecule has 2 rings (SSSR count). The van der Waals surface area contributed by atoms with Gasteiger partial charge in [0.05, 0.1) is 10.8 Å². The van der Waals surface area contributed by atoms with E-state index in [0.717, 1.165) is 6.07 Å². The molecule has 6 nitrogen and oxygen atoms in total. The molecule has 0 saturated carbocycles. The lowest BCUT2D eigenvalue weighted by molar-refractivity contribution is -0.384. The van der Waals surface area contributed by atoms with Gasteiger partial charge in [0.2, 0.25) is 5.82 Å². The van der Waals surface area contributed by atoms with E-state index in [2.05, 4.69) is 4.98 Å². The van der Waals surface area contributed by atoms with Crippen LogP contribution in [0, 0.1) is 16.0 Å². The number of alkyl halides is 3. The highest BCUT2D eigenvalue weighted by atomic mass is 19.4. The first-order chi connectivity index (χ1) is 9.29. The summed E-state index contributed by atoms with van der Waals surface area (Å²) in [5.74, 6) is -1.46. The monoisotopic (exact) mass is 290 g/mol. The summed E-state index contributed by atoms with van der Waals surface area (Å²) >= 11 is 0. The Balaban J connectivity index is 2.19. The Labute approximate surface area is 112 Å². The number of pyridine rings is 1. The molecule has 1 aromatic rings. The number of nitrogen functional groups attached to an aromatic ring is 1. The summed E-state index contributed by atoms with van der Waals surface area (Å²) in [6, 6.07) is 2.49. The van der Waals surface area contributed by atoms with E-state index in [4.69, 9.17) is 5.73 Å². The van der Waals surface area contributed by atoms with E-state index in [-0.39, 0.29) is 30.3 Å². The van der Waals surface area contributed by atoms with Crippen molar-refractivity contribution in [1.82, 2.24) is 4.98 Å². The minimum atomic E-state index is -4.25. The normalized spacial score (nSPS) is 19.9. The van der Waals surface area contributed by atoms with Crippen LogP contribution < -0.4 is 10.6 Å². The SMILES string of the molecule is Nc1nc(N2CCCC(C(F)(F)F)C2)ccc1[N+](=O)[O-]. The van der Waals surface area contributed by atoms with E-state index in [1.54, 1.807) is 0 Å². The van der Waals surface area contributed by atoms with Gasteiger partial charge in [0.25, 0.3) is 0 Å². The first kappa shape index (κ1) is 14.4. The van der Waals surface area contributed by atoms with Gasteiger partial charge < -0.3 is 10.6 Å². The molecule has 0 spiro atoms. The highest BCUT2D eigenvalue weighted by Crippen LogP contribution is 2.35. The van der Waals surface area contributed by atoms with Crippen molar-refractivity contribution in [1.29, 1.82) is 0 Å². The fourth-order valence-electron chi connectivity index (χ4n) is 2.24. The first-order valence-electron chi connectivity index (χ1n) is 6.01. The molecular weight excluding hydrogens is 277 g/mol. The molecule has 20 heavy (non-hydrogen) atoms. The highest BCUT2D eigenvalue weighted by Gasteiger charge is 2.42. The fourth-order valence-corrected chi connectivity index (χ4v) is 2.24. The van der Waals surface area contributed by atoms with Crippen LogP contribution in [-0.2, 0) is 0 Å². The smallest absolute Gasteiger partial charge is 0.378 e. The Morgan fingerprint density at radius 3 is 2.70 bits per heavy atom. The van der Waals surface area contributed by atoms with Gasteiger partial charge in [0.15, 0.2) is 0 Å². The van der Waals surface area contributed by atoms with Crippen molar-refractivity contribution in [3.8, 4) is 0 Å². The number of nitrogens with zero attached hydrogens (tertiary/aromatic N) is 3. The molecule has 1 aromatic heterocycles. The minimum Gasteiger partial charge on any atom is -0.378 e. The topological polar surface area (TPSA) is 85.3 Å². The van der Waals surface area contributed by atoms with Gasteiger partial charge in [-0.05, 0) is 18.9 Å². The molecule has 1 aliphatic heterocycles. The molecule has 9 heteroatoms. The summed E-state index contributed by atoms with van der Waals surface area (Å²) in [7, 11) is 0. The molecule has 1 atom stereocenters. The number of halogens is 3. The van der Waals surface area contributed by atoms with Crippen molar-refractivity contribution < 1.29 is 18.1 Å².